The van der Waals surface area contributed by atoms with Gasteiger partial charge in [0.15, 0.2) is 0 Å². The van der Waals surface area contributed by atoms with E-state index in [1.807, 2.05) is 52.8 Å². The van der Waals surface area contributed by atoms with Gasteiger partial charge in [-0.25, -0.2) is 0 Å². The van der Waals surface area contributed by atoms with E-state index in [-0.39, 0.29) is 12.1 Å². The summed E-state index contributed by atoms with van der Waals surface area (Å²) in [5.74, 6) is 1.77. The fourth-order valence-electron chi connectivity index (χ4n) is 4.62. The van der Waals surface area contributed by atoms with E-state index in [0.29, 0.717) is 0 Å². The highest BCUT2D eigenvalue weighted by Crippen LogP contribution is 2.37. The molecule has 1 aromatic heterocycles. The summed E-state index contributed by atoms with van der Waals surface area (Å²) in [5.41, 5.74) is 7.90. The first-order valence-electron chi connectivity index (χ1n) is 15.1. The summed E-state index contributed by atoms with van der Waals surface area (Å²) in [4.78, 5) is 4.46. The maximum absolute atomic E-state index is 6.74. The minimum atomic E-state index is -0.127. The molecule has 226 valence electrons. The normalized spacial score (nSPS) is 12.5. The topological polar surface area (TPSA) is 19.6 Å². The summed E-state index contributed by atoms with van der Waals surface area (Å²) in [6.45, 7) is 26.9. The molecule has 0 fully saturated rings. The van der Waals surface area contributed by atoms with Gasteiger partial charge in [0.2, 0.25) is 0 Å². The highest BCUT2D eigenvalue weighted by Gasteiger charge is 2.28. The zero-order valence-corrected chi connectivity index (χ0v) is 28.0. The Kier molecular flexibility index (Phi) is 15.8. The summed E-state index contributed by atoms with van der Waals surface area (Å²) in [6, 6.07) is 25.0. The van der Waals surface area contributed by atoms with E-state index in [4.69, 9.17) is 4.42 Å². The van der Waals surface area contributed by atoms with E-state index in [9.17, 15) is 0 Å². The van der Waals surface area contributed by atoms with Crippen molar-refractivity contribution in [3.63, 3.8) is 0 Å². The summed E-state index contributed by atoms with van der Waals surface area (Å²) in [6.07, 6.45) is 6.22. The van der Waals surface area contributed by atoms with Crippen LogP contribution in [0.2, 0.25) is 0 Å². The van der Waals surface area contributed by atoms with E-state index >= 15 is 0 Å². The minimum absolute atomic E-state index is 0.0706. The maximum atomic E-state index is 6.74. The van der Waals surface area contributed by atoms with Gasteiger partial charge in [0, 0.05) is 25.5 Å². The van der Waals surface area contributed by atoms with Crippen LogP contribution in [-0.4, -0.2) is 23.9 Å². The van der Waals surface area contributed by atoms with Crippen molar-refractivity contribution in [1.29, 1.82) is 0 Å². The van der Waals surface area contributed by atoms with Crippen molar-refractivity contribution in [2.75, 3.05) is 14.1 Å². The van der Waals surface area contributed by atoms with E-state index in [1.54, 1.807) is 0 Å². The van der Waals surface area contributed by atoms with Gasteiger partial charge < -0.3 is 14.2 Å². The molecule has 0 bridgehead atoms. The molecule has 0 aliphatic carbocycles. The molecule has 3 nitrogen and oxygen atoms in total. The molecule has 2 aromatic carbocycles. The van der Waals surface area contributed by atoms with Gasteiger partial charge in [-0.05, 0) is 69.5 Å². The summed E-state index contributed by atoms with van der Waals surface area (Å²) in [5, 5.41) is 0. The van der Waals surface area contributed by atoms with Gasteiger partial charge in [0.25, 0.3) is 0 Å². The lowest BCUT2D eigenvalue weighted by Gasteiger charge is -2.32. The van der Waals surface area contributed by atoms with Crippen LogP contribution >= 0.6 is 0 Å². The van der Waals surface area contributed by atoms with Gasteiger partial charge in [-0.1, -0.05) is 125 Å². The average molecular weight is 567 g/mol. The third kappa shape index (κ3) is 10.1. The number of furan rings is 1. The molecule has 1 heterocycles. The van der Waals surface area contributed by atoms with Crippen LogP contribution in [0.25, 0.3) is 0 Å². The van der Waals surface area contributed by atoms with Crippen molar-refractivity contribution in [3.8, 4) is 0 Å². The predicted molar refractivity (Wildman–Crippen MR) is 184 cm³/mol. The van der Waals surface area contributed by atoms with Gasteiger partial charge in [0.05, 0.1) is 0 Å². The van der Waals surface area contributed by atoms with Crippen molar-refractivity contribution >= 4 is 0 Å². The molecule has 3 heteroatoms. The Morgan fingerprint density at radius 1 is 0.643 bits per heavy atom. The number of likely N-dealkylation sites (N-methyl/N-ethyl adjacent to an activating group) is 1. The highest BCUT2D eigenvalue weighted by molar-refractivity contribution is 5.35. The van der Waals surface area contributed by atoms with Crippen LogP contribution in [0, 0.1) is 0 Å². The molecule has 3 rings (SSSR count). The molecule has 0 saturated heterocycles. The Morgan fingerprint density at radius 3 is 1.48 bits per heavy atom. The van der Waals surface area contributed by atoms with Crippen LogP contribution in [0.1, 0.15) is 97.0 Å². The Balaban J connectivity index is 0.00000211. The van der Waals surface area contributed by atoms with Crippen molar-refractivity contribution in [2.24, 2.45) is 0 Å². The molecule has 3 aromatic rings. The number of benzene rings is 2. The van der Waals surface area contributed by atoms with Crippen LogP contribution in [0.3, 0.4) is 0 Å². The number of hydrogen-bond donors (Lipinski definition) is 0. The second-order valence-corrected chi connectivity index (χ2v) is 10.2. The second kappa shape index (κ2) is 18.5. The van der Waals surface area contributed by atoms with E-state index in [2.05, 4.69) is 138 Å². The molecular weight excluding hydrogens is 512 g/mol. The van der Waals surface area contributed by atoms with Gasteiger partial charge in [-0.2, -0.15) is 0 Å². The van der Waals surface area contributed by atoms with Crippen LogP contribution in [-0.2, 0) is 0 Å². The highest BCUT2D eigenvalue weighted by atomic mass is 16.3. The van der Waals surface area contributed by atoms with Gasteiger partial charge in [-0.15, -0.1) is 0 Å². The van der Waals surface area contributed by atoms with E-state index in [0.717, 1.165) is 28.4 Å². The zero-order valence-electron chi connectivity index (χ0n) is 28.0. The molecule has 0 aliphatic rings. The SMILES string of the molecule is C=C(C)/C=C\C(=C)N(C)C(c1ccccc1)c1ccc(C(c2ccccc2)N(C)/C(C)=C(\C)C=C(C)C)o1.CC.CC. The Morgan fingerprint density at radius 2 is 1.07 bits per heavy atom. The van der Waals surface area contributed by atoms with Crippen molar-refractivity contribution in [2.45, 2.75) is 74.4 Å². The van der Waals surface area contributed by atoms with Crippen LogP contribution < -0.4 is 0 Å². The fourth-order valence-corrected chi connectivity index (χ4v) is 4.62. The fraction of sp³-hybridized carbons (Fsp3) is 0.333. The molecule has 0 spiro atoms. The first kappa shape index (κ1) is 36.0. The van der Waals surface area contributed by atoms with Crippen molar-refractivity contribution in [1.82, 2.24) is 9.80 Å². The number of hydrogen-bond acceptors (Lipinski definition) is 3. The standard InChI is InChI=1S/C35H42N2O.2C2H6/c1-25(2)20-21-28(6)36(8)34(30-16-12-10-13-17-30)32-22-23-33(38-32)35(31-18-14-11-15-19-31)37(9)29(7)27(5)24-26(3)4;2*1-2/h10-24,34-35H,1,6H2,2-5,7-9H3;2*1-2H3/b21-20-,29-27+;;. The molecular formula is C39H54N2O. The number of nitrogens with zero attached hydrogens (tertiary/aromatic N) is 2. The predicted octanol–water partition coefficient (Wildman–Crippen LogP) is 11.3. The Labute approximate surface area is 257 Å². The Hall–Kier alpha value is -3.98. The van der Waals surface area contributed by atoms with E-state index in [1.165, 1.54) is 22.4 Å². The lowest BCUT2D eigenvalue weighted by atomic mass is 10.0. The van der Waals surface area contributed by atoms with Gasteiger partial charge >= 0.3 is 0 Å². The molecule has 0 N–H and O–H groups in total. The first-order chi connectivity index (χ1) is 20.1. The lowest BCUT2D eigenvalue weighted by molar-refractivity contribution is 0.268. The summed E-state index contributed by atoms with van der Waals surface area (Å²) in [7, 11) is 4.20. The molecule has 0 amide bonds. The molecule has 2 unspecified atom stereocenters. The van der Waals surface area contributed by atoms with Gasteiger partial charge in [-0.3, -0.25) is 0 Å². The monoisotopic (exact) mass is 566 g/mol. The van der Waals surface area contributed by atoms with Crippen molar-refractivity contribution < 1.29 is 4.42 Å². The second-order valence-electron chi connectivity index (χ2n) is 10.2. The number of rotatable bonds is 11. The third-order valence-corrected chi connectivity index (χ3v) is 6.81. The molecule has 0 radical (unpaired) electrons. The van der Waals surface area contributed by atoms with Crippen molar-refractivity contribution in [3.05, 3.63) is 155 Å². The number of allylic oxidation sites excluding steroid dienone is 7. The van der Waals surface area contributed by atoms with Crippen LogP contribution in [0.15, 0.2) is 137 Å². The largest absolute Gasteiger partial charge is 0.461 e. The quantitative estimate of drug-likeness (QED) is 0.215. The molecule has 2 atom stereocenters. The van der Waals surface area contributed by atoms with Crippen LogP contribution in [0.4, 0.5) is 0 Å². The zero-order chi connectivity index (χ0) is 31.8. The smallest absolute Gasteiger partial charge is 0.131 e. The Bertz CT molecular complexity index is 1320. The molecule has 0 aliphatic heterocycles. The average Bonchev–Trinajstić information content (AvgIpc) is 3.47. The maximum Gasteiger partial charge on any atom is 0.131 e. The van der Waals surface area contributed by atoms with E-state index < -0.39 is 0 Å². The molecule has 42 heavy (non-hydrogen) atoms. The molecule has 0 saturated carbocycles. The summed E-state index contributed by atoms with van der Waals surface area (Å²) >= 11 is 0. The first-order valence-corrected chi connectivity index (χ1v) is 15.1. The summed E-state index contributed by atoms with van der Waals surface area (Å²) < 4.78 is 6.74. The van der Waals surface area contributed by atoms with Crippen LogP contribution in [0.5, 0.6) is 0 Å². The lowest BCUT2D eigenvalue weighted by Crippen LogP contribution is -2.25. The minimum Gasteiger partial charge on any atom is -0.461 e. The third-order valence-electron chi connectivity index (χ3n) is 6.81. The van der Waals surface area contributed by atoms with Gasteiger partial charge in [0.1, 0.15) is 23.6 Å².